The number of benzene rings is 1. The molecule has 124 valence electrons. The fourth-order valence-electron chi connectivity index (χ4n) is 2.49. The highest BCUT2D eigenvalue weighted by molar-refractivity contribution is 5.90. The van der Waals surface area contributed by atoms with Crippen LogP contribution in [0, 0.1) is 0 Å². The van der Waals surface area contributed by atoms with Gasteiger partial charge in [0, 0.05) is 25.3 Å². The third-order valence-electron chi connectivity index (χ3n) is 3.75. The summed E-state index contributed by atoms with van der Waals surface area (Å²) in [7, 11) is 0. The summed E-state index contributed by atoms with van der Waals surface area (Å²) in [5.74, 6) is -0.468. The Hall–Kier alpha value is -2.34. The molecule has 1 aromatic rings. The third kappa shape index (κ3) is 5.10. The smallest absolute Gasteiger partial charge is 0.243 e. The van der Waals surface area contributed by atoms with Gasteiger partial charge in [0.1, 0.15) is 5.75 Å². The van der Waals surface area contributed by atoms with Gasteiger partial charge in [-0.3, -0.25) is 9.59 Å². The van der Waals surface area contributed by atoms with Gasteiger partial charge in [0.25, 0.3) is 0 Å². The summed E-state index contributed by atoms with van der Waals surface area (Å²) in [5.41, 5.74) is 0.661. The van der Waals surface area contributed by atoms with E-state index in [-0.39, 0.29) is 30.9 Å². The van der Waals surface area contributed by atoms with Crippen LogP contribution in [0.4, 0.5) is 0 Å². The lowest BCUT2D eigenvalue weighted by atomic mass is 10.1. The highest BCUT2D eigenvalue weighted by Gasteiger charge is 2.23. The molecule has 0 spiro atoms. The quantitative estimate of drug-likeness (QED) is 0.741. The van der Waals surface area contributed by atoms with Crippen molar-refractivity contribution in [2.75, 3.05) is 19.7 Å². The monoisotopic (exact) mass is 318 g/mol. The number of aromatic hydroxyl groups is 1. The molecule has 23 heavy (non-hydrogen) atoms. The molecule has 1 saturated heterocycles. The standard InChI is InChI=1S/C17H22N2O4/c1-2-16(21)18-10-17(22)19(12-14-7-5-9-23-14)11-13-6-3-4-8-15(13)20/h2-4,6,8,14,20H,1,5,7,9-12H2,(H,18,21). The van der Waals surface area contributed by atoms with Crippen LogP contribution in [0.25, 0.3) is 0 Å². The first-order valence-electron chi connectivity index (χ1n) is 7.66. The topological polar surface area (TPSA) is 78.9 Å². The maximum atomic E-state index is 12.4. The van der Waals surface area contributed by atoms with E-state index >= 15 is 0 Å². The molecule has 1 aromatic carbocycles. The summed E-state index contributed by atoms with van der Waals surface area (Å²) < 4.78 is 5.59. The van der Waals surface area contributed by atoms with Crippen LogP contribution in [-0.4, -0.2) is 47.6 Å². The molecular weight excluding hydrogens is 296 g/mol. The van der Waals surface area contributed by atoms with Gasteiger partial charge in [0.2, 0.25) is 11.8 Å². The van der Waals surface area contributed by atoms with Gasteiger partial charge in [-0.05, 0) is 25.0 Å². The number of amides is 2. The Morgan fingerprint density at radius 1 is 1.43 bits per heavy atom. The number of hydrogen-bond donors (Lipinski definition) is 2. The number of hydrogen-bond acceptors (Lipinski definition) is 4. The van der Waals surface area contributed by atoms with Crippen molar-refractivity contribution in [1.29, 1.82) is 0 Å². The molecule has 6 heteroatoms. The van der Waals surface area contributed by atoms with Gasteiger partial charge >= 0.3 is 0 Å². The number of rotatable bonds is 7. The zero-order valence-electron chi connectivity index (χ0n) is 13.0. The van der Waals surface area contributed by atoms with E-state index in [2.05, 4.69) is 11.9 Å². The lowest BCUT2D eigenvalue weighted by Crippen LogP contribution is -2.42. The minimum atomic E-state index is -0.391. The van der Waals surface area contributed by atoms with E-state index in [0.717, 1.165) is 18.9 Å². The van der Waals surface area contributed by atoms with Crippen LogP contribution in [0.1, 0.15) is 18.4 Å². The minimum absolute atomic E-state index is 0.0000825. The molecule has 6 nitrogen and oxygen atoms in total. The van der Waals surface area contributed by atoms with Gasteiger partial charge in [0.15, 0.2) is 0 Å². The van der Waals surface area contributed by atoms with Crippen LogP contribution >= 0.6 is 0 Å². The normalized spacial score (nSPS) is 16.8. The fourth-order valence-corrected chi connectivity index (χ4v) is 2.49. The Kier molecular flexibility index (Phi) is 6.17. The minimum Gasteiger partial charge on any atom is -0.508 e. The Bertz CT molecular complexity index is 567. The van der Waals surface area contributed by atoms with Crippen molar-refractivity contribution in [1.82, 2.24) is 10.2 Å². The number of para-hydroxylation sites is 1. The van der Waals surface area contributed by atoms with Crippen LogP contribution in [0.3, 0.4) is 0 Å². The molecule has 0 saturated carbocycles. The summed E-state index contributed by atoms with van der Waals surface area (Å²) in [5, 5.41) is 12.4. The van der Waals surface area contributed by atoms with E-state index in [4.69, 9.17) is 4.74 Å². The van der Waals surface area contributed by atoms with Crippen LogP contribution < -0.4 is 5.32 Å². The molecule has 0 bridgehead atoms. The first-order valence-corrected chi connectivity index (χ1v) is 7.66. The molecule has 2 amide bonds. The molecule has 1 unspecified atom stereocenters. The number of nitrogens with one attached hydrogen (secondary N) is 1. The number of phenols is 1. The highest BCUT2D eigenvalue weighted by Crippen LogP contribution is 2.20. The van der Waals surface area contributed by atoms with Gasteiger partial charge in [0.05, 0.1) is 12.6 Å². The molecule has 1 atom stereocenters. The van der Waals surface area contributed by atoms with Gasteiger partial charge < -0.3 is 20.1 Å². The summed E-state index contributed by atoms with van der Waals surface area (Å²) in [6.45, 7) is 4.67. The Balaban J connectivity index is 2.04. The second kappa shape index (κ2) is 8.33. The third-order valence-corrected chi connectivity index (χ3v) is 3.75. The molecule has 2 N–H and O–H groups in total. The van der Waals surface area contributed by atoms with Crippen molar-refractivity contribution in [2.24, 2.45) is 0 Å². The van der Waals surface area contributed by atoms with Crippen molar-refractivity contribution in [2.45, 2.75) is 25.5 Å². The lowest BCUT2D eigenvalue weighted by Gasteiger charge is -2.26. The maximum absolute atomic E-state index is 12.4. The molecule has 0 aliphatic carbocycles. The second-order valence-corrected chi connectivity index (χ2v) is 5.46. The molecule has 2 rings (SSSR count). The summed E-state index contributed by atoms with van der Waals surface area (Å²) in [6.07, 6.45) is 3.01. The number of ether oxygens (including phenoxy) is 1. The zero-order chi connectivity index (χ0) is 16.7. The summed E-state index contributed by atoms with van der Waals surface area (Å²) in [4.78, 5) is 25.2. The molecule has 1 aliphatic heterocycles. The Labute approximate surface area is 135 Å². The van der Waals surface area contributed by atoms with Crippen molar-refractivity contribution in [3.8, 4) is 5.75 Å². The predicted molar refractivity (Wildman–Crippen MR) is 85.7 cm³/mol. The molecular formula is C17H22N2O4. The first-order chi connectivity index (χ1) is 11.1. The summed E-state index contributed by atoms with van der Waals surface area (Å²) >= 11 is 0. The fraction of sp³-hybridized carbons (Fsp3) is 0.412. The van der Waals surface area contributed by atoms with E-state index in [9.17, 15) is 14.7 Å². The van der Waals surface area contributed by atoms with Crippen molar-refractivity contribution in [3.05, 3.63) is 42.5 Å². The largest absolute Gasteiger partial charge is 0.508 e. The van der Waals surface area contributed by atoms with Crippen LogP contribution in [0.15, 0.2) is 36.9 Å². The predicted octanol–water partition coefficient (Wildman–Crippen LogP) is 1.20. The number of carbonyl (C=O) groups excluding carboxylic acids is 2. The van der Waals surface area contributed by atoms with Crippen LogP contribution in [-0.2, 0) is 20.9 Å². The average molecular weight is 318 g/mol. The van der Waals surface area contributed by atoms with E-state index in [1.54, 1.807) is 23.1 Å². The van der Waals surface area contributed by atoms with Crippen molar-refractivity contribution >= 4 is 11.8 Å². The molecule has 1 aliphatic rings. The van der Waals surface area contributed by atoms with E-state index < -0.39 is 5.91 Å². The van der Waals surface area contributed by atoms with Crippen molar-refractivity contribution < 1.29 is 19.4 Å². The molecule has 1 fully saturated rings. The number of nitrogens with zero attached hydrogens (tertiary/aromatic N) is 1. The average Bonchev–Trinajstić information content (AvgIpc) is 3.06. The SMILES string of the molecule is C=CC(=O)NCC(=O)N(Cc1ccccc1O)CC1CCCO1. The number of carbonyl (C=O) groups is 2. The molecule has 1 heterocycles. The van der Waals surface area contributed by atoms with Crippen molar-refractivity contribution in [3.63, 3.8) is 0 Å². The van der Waals surface area contributed by atoms with Gasteiger partial charge in [-0.2, -0.15) is 0 Å². The number of phenolic OH excluding ortho intramolecular Hbond substituents is 1. The molecule has 0 radical (unpaired) electrons. The highest BCUT2D eigenvalue weighted by atomic mass is 16.5. The maximum Gasteiger partial charge on any atom is 0.243 e. The van der Waals surface area contributed by atoms with Gasteiger partial charge in [-0.15, -0.1) is 0 Å². The lowest BCUT2D eigenvalue weighted by molar-refractivity contribution is -0.134. The van der Waals surface area contributed by atoms with Gasteiger partial charge in [-0.25, -0.2) is 0 Å². The first kappa shape index (κ1) is 17.0. The second-order valence-electron chi connectivity index (χ2n) is 5.46. The Morgan fingerprint density at radius 3 is 2.87 bits per heavy atom. The summed E-state index contributed by atoms with van der Waals surface area (Å²) in [6, 6.07) is 6.90. The van der Waals surface area contributed by atoms with E-state index in [1.165, 1.54) is 0 Å². The Morgan fingerprint density at radius 2 is 2.22 bits per heavy atom. The van der Waals surface area contributed by atoms with E-state index in [0.29, 0.717) is 18.7 Å². The van der Waals surface area contributed by atoms with Gasteiger partial charge in [-0.1, -0.05) is 24.8 Å². The zero-order valence-corrected chi connectivity index (χ0v) is 13.0. The molecule has 0 aromatic heterocycles. The van der Waals surface area contributed by atoms with Crippen LogP contribution in [0.2, 0.25) is 0 Å². The van der Waals surface area contributed by atoms with E-state index in [1.807, 2.05) is 6.07 Å². The van der Waals surface area contributed by atoms with Crippen LogP contribution in [0.5, 0.6) is 5.75 Å².